The molecule has 57 heavy (non-hydrogen) atoms. The zero-order valence-electron chi connectivity index (χ0n) is 33.7. The van der Waals surface area contributed by atoms with Crippen LogP contribution in [0.2, 0.25) is 0 Å². The van der Waals surface area contributed by atoms with Crippen molar-refractivity contribution in [2.75, 3.05) is 0 Å². The number of allylic oxidation sites excluding steroid dienone is 2. The molecular weight excluding hydrogens is 875 g/mol. The van der Waals surface area contributed by atoms with E-state index in [9.17, 15) is 4.79 Å². The number of aliphatic hydroxyl groups excluding tert-OH is 1. The molecule has 1 spiro atoms. The topological polar surface area (TPSA) is 50.2 Å². The van der Waals surface area contributed by atoms with Crippen LogP contribution in [-0.2, 0) is 24.9 Å². The standard InChI is InChI=1S/C26H28N.C22H20.C5H8O2.Ir/c1-3-9-21(10-4-1)25-19-23(22-11-5-6-12-24(22)27-25)20-13-17-26(18-14-20)15-7-2-8-16-26;1-3-8-17(9-4-1)19-14-15-22-20(16-19)12-7-13-21(22)18-10-5-2-6-11-18;1-4(6)3-5(2)7;/h1,3-6,9,11-12,19-20H,2,7-8,13-18H2;2,5-7,10,12,14-17H,1,3-4,8-9H2;3,6H,1-2H3;/q-1;-2;;+3/b;;4-3-;. The van der Waals surface area contributed by atoms with E-state index >= 15 is 0 Å². The van der Waals surface area contributed by atoms with E-state index in [2.05, 4.69) is 97.1 Å². The van der Waals surface area contributed by atoms with Gasteiger partial charge in [-0.1, -0.05) is 74.9 Å². The molecule has 0 aliphatic heterocycles. The Kier molecular flexibility index (Phi) is 15.1. The number of hydrogen-bond donors (Lipinski definition) is 1. The van der Waals surface area contributed by atoms with E-state index < -0.39 is 0 Å². The minimum Gasteiger partial charge on any atom is -0.512 e. The summed E-state index contributed by atoms with van der Waals surface area (Å²) in [7, 11) is 0. The monoisotopic (exact) mass is 931 g/mol. The number of nitrogens with zero attached hydrogens (tertiary/aromatic N) is 1. The smallest absolute Gasteiger partial charge is 0.512 e. The van der Waals surface area contributed by atoms with Crippen molar-refractivity contribution in [3.05, 3.63) is 150 Å². The van der Waals surface area contributed by atoms with Gasteiger partial charge in [0.15, 0.2) is 5.78 Å². The fourth-order valence-corrected chi connectivity index (χ4v) is 9.57. The summed E-state index contributed by atoms with van der Waals surface area (Å²) in [5.41, 5.74) is 9.28. The first kappa shape index (κ1) is 42.2. The predicted molar refractivity (Wildman–Crippen MR) is 233 cm³/mol. The van der Waals surface area contributed by atoms with Crippen LogP contribution in [0, 0.1) is 23.6 Å². The predicted octanol–water partition coefficient (Wildman–Crippen LogP) is 14.5. The second-order valence-electron chi connectivity index (χ2n) is 16.4. The third-order valence-corrected chi connectivity index (χ3v) is 12.4. The maximum Gasteiger partial charge on any atom is 3.00 e. The largest absolute Gasteiger partial charge is 3.00 e. The molecule has 294 valence electrons. The summed E-state index contributed by atoms with van der Waals surface area (Å²) < 4.78 is 0. The molecular formula is C53H56IrNO2. The van der Waals surface area contributed by atoms with Crippen molar-refractivity contribution in [3.8, 4) is 22.4 Å². The van der Waals surface area contributed by atoms with E-state index in [-0.39, 0.29) is 31.6 Å². The number of carbonyl (C=O) groups is 1. The van der Waals surface area contributed by atoms with Gasteiger partial charge in [0.05, 0.1) is 11.3 Å². The number of aliphatic hydroxyl groups is 1. The molecule has 0 unspecified atom stereocenters. The molecule has 1 N–H and O–H groups in total. The molecule has 3 fully saturated rings. The summed E-state index contributed by atoms with van der Waals surface area (Å²) >= 11 is 0. The molecule has 3 aliphatic rings. The molecule has 0 radical (unpaired) electrons. The van der Waals surface area contributed by atoms with Gasteiger partial charge in [0.25, 0.3) is 0 Å². The number of ketones is 1. The Hall–Kier alpha value is -4.37. The van der Waals surface area contributed by atoms with Crippen LogP contribution in [0.4, 0.5) is 0 Å². The van der Waals surface area contributed by atoms with E-state index in [1.165, 1.54) is 137 Å². The van der Waals surface area contributed by atoms with E-state index in [1.807, 2.05) is 30.3 Å². The van der Waals surface area contributed by atoms with Crippen LogP contribution >= 0.6 is 0 Å². The summed E-state index contributed by atoms with van der Waals surface area (Å²) in [6, 6.07) is 48.7. The first-order chi connectivity index (χ1) is 27.4. The summed E-state index contributed by atoms with van der Waals surface area (Å²) in [4.78, 5) is 15.0. The van der Waals surface area contributed by atoms with Crippen molar-refractivity contribution in [2.24, 2.45) is 5.41 Å². The molecule has 1 heterocycles. The minimum atomic E-state index is -0.125. The SMILES string of the molecule is CC(=O)/C=C(/C)O.[Ir+3].[c-]1ccccc1-c1[c-]ccc2cc(C3CCCCC3)ccc12.[c-]1ccccc1-c1cc(C2CCC3(CCCCC3)CC2)c2ccccc2n1. The van der Waals surface area contributed by atoms with E-state index in [0.717, 1.165) is 33.8 Å². The number of aromatic nitrogens is 1. The van der Waals surface area contributed by atoms with Gasteiger partial charge in [-0.2, -0.15) is 36.4 Å². The van der Waals surface area contributed by atoms with Gasteiger partial charge in [-0.15, -0.1) is 64.9 Å². The van der Waals surface area contributed by atoms with Crippen LogP contribution in [-0.4, -0.2) is 15.9 Å². The van der Waals surface area contributed by atoms with Gasteiger partial charge in [0, 0.05) is 11.5 Å². The van der Waals surface area contributed by atoms with Crippen molar-refractivity contribution in [2.45, 2.75) is 116 Å². The molecule has 0 atom stereocenters. The quantitative estimate of drug-likeness (QED) is 0.106. The van der Waals surface area contributed by atoms with Gasteiger partial charge in [-0.05, 0) is 105 Å². The summed E-state index contributed by atoms with van der Waals surface area (Å²) in [5, 5.41) is 12.3. The van der Waals surface area contributed by atoms with Gasteiger partial charge in [-0.25, -0.2) is 11.1 Å². The van der Waals surface area contributed by atoms with Gasteiger partial charge in [0.2, 0.25) is 0 Å². The Morgan fingerprint density at radius 1 is 0.667 bits per heavy atom. The minimum absolute atomic E-state index is 0. The van der Waals surface area contributed by atoms with Gasteiger partial charge in [0.1, 0.15) is 0 Å². The van der Waals surface area contributed by atoms with Crippen molar-refractivity contribution in [3.63, 3.8) is 0 Å². The van der Waals surface area contributed by atoms with E-state index in [1.54, 1.807) is 0 Å². The molecule has 0 saturated heterocycles. The molecule has 6 aromatic rings. The molecule has 4 heteroatoms. The van der Waals surface area contributed by atoms with Gasteiger partial charge < -0.3 is 5.11 Å². The number of rotatable bonds is 5. The van der Waals surface area contributed by atoms with Gasteiger partial charge >= 0.3 is 20.1 Å². The molecule has 5 aromatic carbocycles. The summed E-state index contributed by atoms with van der Waals surface area (Å²) in [5.74, 6) is 1.37. The average molecular weight is 931 g/mol. The maximum atomic E-state index is 10.0. The Balaban J connectivity index is 0.000000165. The number of pyridine rings is 1. The Morgan fingerprint density at radius 2 is 1.33 bits per heavy atom. The Morgan fingerprint density at radius 3 is 1.98 bits per heavy atom. The van der Waals surface area contributed by atoms with Crippen LogP contribution < -0.4 is 0 Å². The zero-order chi connectivity index (χ0) is 38.7. The van der Waals surface area contributed by atoms with Crippen molar-refractivity contribution >= 4 is 27.5 Å². The summed E-state index contributed by atoms with van der Waals surface area (Å²) in [6.07, 6.45) is 20.9. The first-order valence-corrected chi connectivity index (χ1v) is 21.0. The van der Waals surface area contributed by atoms with E-state index in [4.69, 9.17) is 10.1 Å². The van der Waals surface area contributed by atoms with Gasteiger partial charge in [-0.3, -0.25) is 9.78 Å². The second-order valence-corrected chi connectivity index (χ2v) is 16.4. The Labute approximate surface area is 354 Å². The van der Waals surface area contributed by atoms with Crippen LogP contribution in [0.3, 0.4) is 0 Å². The van der Waals surface area contributed by atoms with Crippen molar-refractivity contribution in [1.82, 2.24) is 4.98 Å². The molecule has 3 nitrogen and oxygen atoms in total. The number of hydrogen-bond acceptors (Lipinski definition) is 3. The first-order valence-electron chi connectivity index (χ1n) is 21.0. The third-order valence-electron chi connectivity index (χ3n) is 12.4. The molecule has 3 saturated carbocycles. The molecule has 1 aromatic heterocycles. The molecule has 9 rings (SSSR count). The van der Waals surface area contributed by atoms with Crippen LogP contribution in [0.15, 0.2) is 121 Å². The van der Waals surface area contributed by atoms with Crippen molar-refractivity contribution in [1.29, 1.82) is 0 Å². The van der Waals surface area contributed by atoms with E-state index in [0.29, 0.717) is 11.3 Å². The average Bonchev–Trinajstić information content (AvgIpc) is 3.24. The normalized spacial score (nSPS) is 17.1. The Bertz CT molecular complexity index is 2220. The number of fused-ring (bicyclic) bond motifs is 2. The number of para-hydroxylation sites is 1. The fourth-order valence-electron chi connectivity index (χ4n) is 9.57. The van der Waals surface area contributed by atoms with Crippen LogP contribution in [0.5, 0.6) is 0 Å². The number of carbonyl (C=O) groups excluding carboxylic acids is 1. The van der Waals surface area contributed by atoms with Crippen LogP contribution in [0.1, 0.15) is 127 Å². The van der Waals surface area contributed by atoms with Crippen molar-refractivity contribution < 1.29 is 30.0 Å². The number of benzene rings is 5. The molecule has 0 bridgehead atoms. The maximum absolute atomic E-state index is 10.0. The second kappa shape index (κ2) is 20.4. The zero-order valence-corrected chi connectivity index (χ0v) is 36.1. The third kappa shape index (κ3) is 11.0. The fraction of sp³-hybridized carbons (Fsp3) is 0.358. The summed E-state index contributed by atoms with van der Waals surface area (Å²) in [6.45, 7) is 2.85. The molecule has 3 aliphatic carbocycles. The molecule has 0 amide bonds. The van der Waals surface area contributed by atoms with Crippen LogP contribution in [0.25, 0.3) is 44.1 Å².